The van der Waals surface area contributed by atoms with Crippen LogP contribution in [0.4, 0.5) is 0 Å². The molecule has 0 rings (SSSR count). The Morgan fingerprint density at radius 2 is 0.738 bits per heavy atom. The van der Waals surface area contributed by atoms with Crippen molar-refractivity contribution < 1.29 is 28.6 Å². The molecule has 1 atom stereocenters. The van der Waals surface area contributed by atoms with Gasteiger partial charge >= 0.3 is 17.9 Å². The Labute approximate surface area is 375 Å². The normalized spacial score (nSPS) is 12.9. The van der Waals surface area contributed by atoms with E-state index in [0.29, 0.717) is 19.3 Å². The molecule has 0 aromatic heterocycles. The van der Waals surface area contributed by atoms with E-state index in [1.807, 2.05) is 6.08 Å². The zero-order valence-electron chi connectivity index (χ0n) is 39.4. The van der Waals surface area contributed by atoms with Crippen molar-refractivity contribution >= 4 is 17.9 Å². The van der Waals surface area contributed by atoms with Gasteiger partial charge in [0.15, 0.2) is 6.10 Å². The number of carbonyl (C=O) groups is 3. The molecule has 0 aromatic carbocycles. The molecule has 61 heavy (non-hydrogen) atoms. The van der Waals surface area contributed by atoms with Gasteiger partial charge in [0.2, 0.25) is 0 Å². The maximum Gasteiger partial charge on any atom is 0.306 e. The Balaban J connectivity index is 4.50. The lowest BCUT2D eigenvalue weighted by Crippen LogP contribution is -2.30. The first-order valence-electron chi connectivity index (χ1n) is 24.8. The van der Waals surface area contributed by atoms with E-state index in [1.54, 1.807) is 0 Å². The molecule has 0 radical (unpaired) electrons. The molecule has 0 N–H and O–H groups in total. The van der Waals surface area contributed by atoms with Crippen LogP contribution in [0.1, 0.15) is 213 Å². The number of rotatable bonds is 43. The maximum atomic E-state index is 12.8. The van der Waals surface area contributed by atoms with E-state index >= 15 is 0 Å². The second-order valence-corrected chi connectivity index (χ2v) is 16.1. The van der Waals surface area contributed by atoms with Gasteiger partial charge in [0.1, 0.15) is 13.2 Å². The minimum atomic E-state index is -0.811. The van der Waals surface area contributed by atoms with E-state index < -0.39 is 6.10 Å². The van der Waals surface area contributed by atoms with Crippen LogP contribution in [-0.4, -0.2) is 37.2 Å². The Morgan fingerprint density at radius 3 is 1.21 bits per heavy atom. The molecule has 0 aliphatic heterocycles. The fourth-order valence-electron chi connectivity index (χ4n) is 6.49. The van der Waals surface area contributed by atoms with E-state index in [2.05, 4.69) is 112 Å². The number of hydrogen-bond acceptors (Lipinski definition) is 6. The minimum Gasteiger partial charge on any atom is -0.462 e. The Kier molecular flexibility index (Phi) is 46.0. The Bertz CT molecular complexity index is 1250. The lowest BCUT2D eigenvalue weighted by atomic mass is 10.1. The lowest BCUT2D eigenvalue weighted by Gasteiger charge is -2.18. The number of esters is 3. The summed E-state index contributed by atoms with van der Waals surface area (Å²) in [5.41, 5.74) is 0. The van der Waals surface area contributed by atoms with E-state index in [1.165, 1.54) is 83.5 Å². The zero-order chi connectivity index (χ0) is 44.4. The largest absolute Gasteiger partial charge is 0.462 e. The molecule has 0 aliphatic carbocycles. The van der Waals surface area contributed by atoms with Gasteiger partial charge < -0.3 is 14.2 Å². The first-order valence-corrected chi connectivity index (χ1v) is 24.8. The van der Waals surface area contributed by atoms with Crippen LogP contribution in [0.5, 0.6) is 0 Å². The highest BCUT2D eigenvalue weighted by molar-refractivity contribution is 5.71. The van der Waals surface area contributed by atoms with Gasteiger partial charge in [-0.1, -0.05) is 214 Å². The molecule has 0 saturated heterocycles. The molecular weight excluding hydrogens is 757 g/mol. The number of hydrogen-bond donors (Lipinski definition) is 0. The van der Waals surface area contributed by atoms with Crippen LogP contribution in [0.2, 0.25) is 0 Å². The van der Waals surface area contributed by atoms with Crippen LogP contribution in [0.25, 0.3) is 0 Å². The van der Waals surface area contributed by atoms with Gasteiger partial charge in [-0.2, -0.15) is 0 Å². The van der Waals surface area contributed by atoms with Crippen LogP contribution in [0.3, 0.4) is 0 Å². The van der Waals surface area contributed by atoms with Crippen molar-refractivity contribution in [3.63, 3.8) is 0 Å². The summed E-state index contributed by atoms with van der Waals surface area (Å²) in [6, 6.07) is 0. The topological polar surface area (TPSA) is 78.9 Å². The van der Waals surface area contributed by atoms with Gasteiger partial charge in [-0.15, -0.1) is 0 Å². The summed E-state index contributed by atoms with van der Waals surface area (Å²) in [6.45, 7) is 6.28. The summed E-state index contributed by atoms with van der Waals surface area (Å²) in [6.07, 6.45) is 64.0. The number of allylic oxidation sites excluding steroid dienone is 16. The summed E-state index contributed by atoms with van der Waals surface area (Å²) in [7, 11) is 0. The quantitative estimate of drug-likeness (QED) is 0.0200. The minimum absolute atomic E-state index is 0.107. The lowest BCUT2D eigenvalue weighted by molar-refractivity contribution is -0.166. The maximum absolute atomic E-state index is 12.8. The van der Waals surface area contributed by atoms with Crippen LogP contribution < -0.4 is 0 Å². The van der Waals surface area contributed by atoms with Gasteiger partial charge in [-0.25, -0.2) is 0 Å². The van der Waals surface area contributed by atoms with Crippen molar-refractivity contribution in [1.82, 2.24) is 0 Å². The highest BCUT2D eigenvalue weighted by Gasteiger charge is 2.19. The summed E-state index contributed by atoms with van der Waals surface area (Å²) in [4.78, 5) is 37.9. The third-order valence-corrected chi connectivity index (χ3v) is 10.2. The summed E-state index contributed by atoms with van der Waals surface area (Å²) < 4.78 is 16.7. The molecule has 0 saturated carbocycles. The van der Waals surface area contributed by atoms with E-state index in [9.17, 15) is 14.4 Å². The second-order valence-electron chi connectivity index (χ2n) is 16.1. The van der Waals surface area contributed by atoms with Gasteiger partial charge in [0.05, 0.1) is 0 Å². The molecule has 0 aromatic rings. The van der Waals surface area contributed by atoms with Crippen LogP contribution in [-0.2, 0) is 28.6 Å². The second kappa shape index (κ2) is 49.0. The van der Waals surface area contributed by atoms with Gasteiger partial charge in [0.25, 0.3) is 0 Å². The van der Waals surface area contributed by atoms with Crippen molar-refractivity contribution in [2.45, 2.75) is 219 Å². The van der Waals surface area contributed by atoms with Crippen LogP contribution >= 0.6 is 0 Å². The first kappa shape index (κ1) is 57.3. The monoisotopic (exact) mass is 847 g/mol. The molecule has 0 fully saturated rings. The Hall–Kier alpha value is -3.67. The molecule has 6 heteroatoms. The van der Waals surface area contributed by atoms with E-state index in [-0.39, 0.29) is 37.5 Å². The number of unbranched alkanes of at least 4 members (excludes halogenated alkanes) is 20. The first-order chi connectivity index (χ1) is 30.0. The smallest absolute Gasteiger partial charge is 0.306 e. The molecular formula is C55H90O6. The SMILES string of the molecule is CC\C=C/C=C\C=C/CCCCCCCCCC(=O)OCC(COC(=O)CC/C=C\C/C=C\CCCCCCCC)OC(=O)CCCCCCCCC\C=C/C=C\C=C/CC. The fourth-order valence-corrected chi connectivity index (χ4v) is 6.49. The van der Waals surface area contributed by atoms with Crippen molar-refractivity contribution in [3.8, 4) is 0 Å². The third-order valence-electron chi connectivity index (χ3n) is 10.2. The molecule has 6 nitrogen and oxygen atoms in total. The van der Waals surface area contributed by atoms with Gasteiger partial charge in [0, 0.05) is 19.3 Å². The number of ether oxygens (including phenoxy) is 3. The molecule has 0 aliphatic rings. The average molecular weight is 847 g/mol. The zero-order valence-corrected chi connectivity index (χ0v) is 39.4. The predicted octanol–water partition coefficient (Wildman–Crippen LogP) is 16.2. The fraction of sp³-hybridized carbons (Fsp3) is 0.655. The predicted molar refractivity (Wildman–Crippen MR) is 260 cm³/mol. The van der Waals surface area contributed by atoms with Crippen molar-refractivity contribution in [1.29, 1.82) is 0 Å². The van der Waals surface area contributed by atoms with Crippen LogP contribution in [0, 0.1) is 0 Å². The third kappa shape index (κ3) is 47.2. The van der Waals surface area contributed by atoms with Crippen molar-refractivity contribution in [3.05, 3.63) is 97.2 Å². The van der Waals surface area contributed by atoms with Crippen LogP contribution in [0.15, 0.2) is 97.2 Å². The summed E-state index contributed by atoms with van der Waals surface area (Å²) >= 11 is 0. The number of carbonyl (C=O) groups excluding carboxylic acids is 3. The van der Waals surface area contributed by atoms with E-state index in [0.717, 1.165) is 83.5 Å². The van der Waals surface area contributed by atoms with Crippen molar-refractivity contribution in [2.24, 2.45) is 0 Å². The molecule has 0 heterocycles. The molecule has 0 amide bonds. The molecule has 346 valence electrons. The Morgan fingerprint density at radius 1 is 0.361 bits per heavy atom. The summed E-state index contributed by atoms with van der Waals surface area (Å²) in [5, 5.41) is 0. The average Bonchev–Trinajstić information content (AvgIpc) is 3.26. The molecule has 0 spiro atoms. The van der Waals surface area contributed by atoms with Crippen molar-refractivity contribution in [2.75, 3.05) is 13.2 Å². The summed E-state index contributed by atoms with van der Waals surface area (Å²) in [5.74, 6) is -1.01. The molecule has 1 unspecified atom stereocenters. The standard InChI is InChI=1S/C55H90O6/c1-4-7-10-13-16-19-22-25-27-30-33-36-39-42-45-48-54(57)60-51-52(50-59-53(56)47-44-41-38-35-32-29-24-21-18-15-12-9-6-3)61-55(58)49-46-43-40-37-34-31-28-26-23-20-17-14-11-8-5-2/h7-8,10-11,13-14,16-17,19-20,22-23,29,32,38,41,52H,4-6,9,12,15,18,21,24-28,30-31,33-37,39-40,42-51H2,1-3H3/b10-7-,11-8-,16-13-,17-14-,22-19-,23-20-,32-29-,41-38-. The molecule has 0 bridgehead atoms. The highest BCUT2D eigenvalue weighted by Crippen LogP contribution is 2.13. The highest BCUT2D eigenvalue weighted by atomic mass is 16.6. The van der Waals surface area contributed by atoms with E-state index in [4.69, 9.17) is 14.2 Å². The van der Waals surface area contributed by atoms with Gasteiger partial charge in [-0.3, -0.25) is 14.4 Å². The van der Waals surface area contributed by atoms with Gasteiger partial charge in [-0.05, 0) is 77.0 Å².